The van der Waals surface area contributed by atoms with Crippen LogP contribution in [0.2, 0.25) is 0 Å². The summed E-state index contributed by atoms with van der Waals surface area (Å²) in [5.74, 6) is -0.377. The van der Waals surface area contributed by atoms with Gasteiger partial charge < -0.3 is 15.4 Å². The zero-order valence-corrected chi connectivity index (χ0v) is 13.8. The third kappa shape index (κ3) is 4.32. The highest BCUT2D eigenvalue weighted by Gasteiger charge is 2.30. The first kappa shape index (κ1) is 16.9. The molecule has 7 heteroatoms. The maximum absolute atomic E-state index is 12.1. The zero-order valence-electron chi connectivity index (χ0n) is 13.8. The minimum absolute atomic E-state index is 0.00178. The molecule has 1 atom stereocenters. The molecule has 1 aliphatic rings. The van der Waals surface area contributed by atoms with Crippen LogP contribution in [0.1, 0.15) is 22.3 Å². The molecule has 1 aromatic carbocycles. The molecule has 7 nitrogen and oxygen atoms in total. The summed E-state index contributed by atoms with van der Waals surface area (Å²) < 4.78 is 5.27. The van der Waals surface area contributed by atoms with Crippen LogP contribution in [0.25, 0.3) is 0 Å². The summed E-state index contributed by atoms with van der Waals surface area (Å²) in [5.41, 5.74) is 6.97. The number of rotatable bonds is 6. The number of carbonyl (C=O) groups excluding carboxylic acids is 2. The van der Waals surface area contributed by atoms with Crippen molar-refractivity contribution in [1.29, 1.82) is 0 Å². The maximum Gasteiger partial charge on any atom is 0.343 e. The standard InChI is InChI=1S/C18H20N4O3/c19-17-15(9-20-12-21-17)18(24)25-11-14-8-16(23)22(10-14)7-6-13-4-2-1-3-5-13/h1-5,9,12,14H,6-8,10-11H2,(H2,19,20,21)/t14-/m0/s1. The van der Waals surface area contributed by atoms with E-state index in [0.29, 0.717) is 19.5 Å². The number of hydrogen-bond donors (Lipinski definition) is 1. The molecule has 0 spiro atoms. The van der Waals surface area contributed by atoms with Crippen molar-refractivity contribution in [2.75, 3.05) is 25.4 Å². The summed E-state index contributed by atoms with van der Waals surface area (Å²) in [6.07, 6.45) is 3.81. The van der Waals surface area contributed by atoms with Crippen LogP contribution in [0, 0.1) is 5.92 Å². The monoisotopic (exact) mass is 340 g/mol. The minimum Gasteiger partial charge on any atom is -0.462 e. The van der Waals surface area contributed by atoms with Gasteiger partial charge in [-0.2, -0.15) is 0 Å². The van der Waals surface area contributed by atoms with E-state index in [1.165, 1.54) is 18.1 Å². The first-order chi connectivity index (χ1) is 12.1. The number of anilines is 1. The molecule has 2 aromatic rings. The summed E-state index contributed by atoms with van der Waals surface area (Å²) in [4.78, 5) is 33.5. The van der Waals surface area contributed by atoms with E-state index in [-0.39, 0.29) is 29.8 Å². The van der Waals surface area contributed by atoms with Crippen LogP contribution < -0.4 is 5.73 Å². The number of esters is 1. The van der Waals surface area contributed by atoms with Crippen LogP contribution >= 0.6 is 0 Å². The van der Waals surface area contributed by atoms with Gasteiger partial charge in [-0.05, 0) is 12.0 Å². The summed E-state index contributed by atoms with van der Waals surface area (Å²) in [6, 6.07) is 10.0. The molecule has 0 radical (unpaired) electrons. The third-order valence-corrected chi connectivity index (χ3v) is 4.22. The van der Waals surface area contributed by atoms with Gasteiger partial charge in [0.15, 0.2) is 0 Å². The molecule has 2 heterocycles. The predicted molar refractivity (Wildman–Crippen MR) is 91.6 cm³/mol. The normalized spacial score (nSPS) is 16.9. The molecule has 2 N–H and O–H groups in total. The van der Waals surface area contributed by atoms with Crippen molar-refractivity contribution < 1.29 is 14.3 Å². The molecule has 0 aliphatic carbocycles. The lowest BCUT2D eigenvalue weighted by Gasteiger charge is -2.16. The summed E-state index contributed by atoms with van der Waals surface area (Å²) in [5, 5.41) is 0. The Morgan fingerprint density at radius 1 is 1.32 bits per heavy atom. The van der Waals surface area contributed by atoms with E-state index >= 15 is 0 Å². The Morgan fingerprint density at radius 2 is 2.12 bits per heavy atom. The molecule has 1 aliphatic heterocycles. The first-order valence-corrected chi connectivity index (χ1v) is 8.18. The van der Waals surface area contributed by atoms with E-state index in [2.05, 4.69) is 9.97 Å². The molecule has 0 unspecified atom stereocenters. The summed E-state index contributed by atoms with van der Waals surface area (Å²) >= 11 is 0. The molecule has 3 rings (SSSR count). The Hall–Kier alpha value is -2.96. The highest BCUT2D eigenvalue weighted by Crippen LogP contribution is 2.19. The highest BCUT2D eigenvalue weighted by atomic mass is 16.5. The van der Waals surface area contributed by atoms with Crippen LogP contribution in [0.15, 0.2) is 42.9 Å². The number of ether oxygens (including phenoxy) is 1. The third-order valence-electron chi connectivity index (χ3n) is 4.22. The van der Waals surface area contributed by atoms with Crippen LogP contribution in [0.3, 0.4) is 0 Å². The number of carbonyl (C=O) groups is 2. The van der Waals surface area contributed by atoms with E-state index in [0.717, 1.165) is 6.42 Å². The van der Waals surface area contributed by atoms with Crippen LogP contribution in [0.4, 0.5) is 5.82 Å². The van der Waals surface area contributed by atoms with Gasteiger partial charge >= 0.3 is 5.97 Å². The number of nitrogen functional groups attached to an aromatic ring is 1. The van der Waals surface area contributed by atoms with Gasteiger partial charge in [0.25, 0.3) is 0 Å². The van der Waals surface area contributed by atoms with Crippen molar-refractivity contribution in [2.24, 2.45) is 5.92 Å². The van der Waals surface area contributed by atoms with Gasteiger partial charge in [-0.1, -0.05) is 30.3 Å². The minimum atomic E-state index is -0.562. The van der Waals surface area contributed by atoms with E-state index in [9.17, 15) is 9.59 Å². The van der Waals surface area contributed by atoms with Gasteiger partial charge in [0, 0.05) is 31.6 Å². The van der Waals surface area contributed by atoms with Gasteiger partial charge in [0.2, 0.25) is 5.91 Å². The fourth-order valence-corrected chi connectivity index (χ4v) is 2.86. The number of aromatic nitrogens is 2. The molecule has 1 fully saturated rings. The average molecular weight is 340 g/mol. The molecule has 1 saturated heterocycles. The molecule has 0 saturated carbocycles. The fourth-order valence-electron chi connectivity index (χ4n) is 2.86. The summed E-state index contributed by atoms with van der Waals surface area (Å²) in [6.45, 7) is 1.45. The first-order valence-electron chi connectivity index (χ1n) is 8.18. The van der Waals surface area contributed by atoms with Crippen LogP contribution in [-0.2, 0) is 16.0 Å². The van der Waals surface area contributed by atoms with Crippen molar-refractivity contribution in [3.63, 3.8) is 0 Å². The second-order valence-corrected chi connectivity index (χ2v) is 6.07. The Balaban J connectivity index is 1.48. The second-order valence-electron chi connectivity index (χ2n) is 6.07. The van der Waals surface area contributed by atoms with Crippen molar-refractivity contribution in [3.8, 4) is 0 Å². The maximum atomic E-state index is 12.1. The largest absolute Gasteiger partial charge is 0.462 e. The SMILES string of the molecule is Nc1ncncc1C(=O)OC[C@H]1CC(=O)N(CCc2ccccc2)C1. The Bertz CT molecular complexity index is 751. The lowest BCUT2D eigenvalue weighted by Crippen LogP contribution is -2.28. The average Bonchev–Trinajstić information content (AvgIpc) is 2.99. The fraction of sp³-hybridized carbons (Fsp3) is 0.333. The topological polar surface area (TPSA) is 98.4 Å². The van der Waals surface area contributed by atoms with E-state index in [4.69, 9.17) is 10.5 Å². The number of likely N-dealkylation sites (tertiary alicyclic amines) is 1. The van der Waals surface area contributed by atoms with E-state index in [1.807, 2.05) is 35.2 Å². The molecule has 130 valence electrons. The highest BCUT2D eigenvalue weighted by molar-refractivity contribution is 5.93. The molecule has 25 heavy (non-hydrogen) atoms. The second kappa shape index (κ2) is 7.74. The molecule has 1 aromatic heterocycles. The summed E-state index contributed by atoms with van der Waals surface area (Å²) in [7, 11) is 0. The van der Waals surface area contributed by atoms with Crippen LogP contribution in [0.5, 0.6) is 0 Å². The zero-order chi connectivity index (χ0) is 17.6. The lowest BCUT2D eigenvalue weighted by atomic mass is 10.1. The van der Waals surface area contributed by atoms with Crippen molar-refractivity contribution in [3.05, 3.63) is 54.0 Å². The predicted octanol–water partition coefficient (Wildman–Crippen LogP) is 1.31. The Labute approximate surface area is 145 Å². The smallest absolute Gasteiger partial charge is 0.343 e. The number of nitrogens with two attached hydrogens (primary N) is 1. The number of hydrogen-bond acceptors (Lipinski definition) is 6. The van der Waals surface area contributed by atoms with Crippen molar-refractivity contribution >= 4 is 17.7 Å². The van der Waals surface area contributed by atoms with Gasteiger partial charge in [-0.25, -0.2) is 14.8 Å². The Morgan fingerprint density at radius 3 is 2.88 bits per heavy atom. The van der Waals surface area contributed by atoms with Gasteiger partial charge in [0.05, 0.1) is 6.61 Å². The molecule has 0 bridgehead atoms. The van der Waals surface area contributed by atoms with Gasteiger partial charge in [0.1, 0.15) is 17.7 Å². The van der Waals surface area contributed by atoms with Crippen LogP contribution in [-0.4, -0.2) is 46.4 Å². The lowest BCUT2D eigenvalue weighted by molar-refractivity contribution is -0.127. The molecular formula is C18H20N4O3. The molecule has 1 amide bonds. The Kier molecular flexibility index (Phi) is 5.23. The number of benzene rings is 1. The van der Waals surface area contributed by atoms with E-state index in [1.54, 1.807) is 0 Å². The molecular weight excluding hydrogens is 320 g/mol. The van der Waals surface area contributed by atoms with Gasteiger partial charge in [-0.15, -0.1) is 0 Å². The van der Waals surface area contributed by atoms with Crippen molar-refractivity contribution in [1.82, 2.24) is 14.9 Å². The van der Waals surface area contributed by atoms with Gasteiger partial charge in [-0.3, -0.25) is 4.79 Å². The van der Waals surface area contributed by atoms with E-state index < -0.39 is 5.97 Å². The quantitative estimate of drug-likeness (QED) is 0.796. The number of amides is 1. The van der Waals surface area contributed by atoms with Crippen molar-refractivity contribution in [2.45, 2.75) is 12.8 Å². The number of nitrogens with zero attached hydrogens (tertiary/aromatic N) is 3.